The lowest BCUT2D eigenvalue weighted by atomic mass is 9.74. The first-order chi connectivity index (χ1) is 8.41. The number of aromatic nitrogens is 1. The normalized spacial score (nSPS) is 24.9. The standard InChI is InChI=1S/C13H19BN2O2/c1-12(2)13(3,4)18-14(17-12)10-6-8-16-11-9(10)5-7-15-11/h5,7H,6,8H2,1-4H3,(H,15,16). The molecule has 1 aromatic rings. The van der Waals surface area contributed by atoms with Gasteiger partial charge in [0.25, 0.3) is 0 Å². The second-order valence-corrected chi connectivity index (χ2v) is 5.99. The molecular weight excluding hydrogens is 227 g/mol. The molecule has 1 N–H and O–H groups in total. The Morgan fingerprint density at radius 2 is 1.89 bits per heavy atom. The van der Waals surface area contributed by atoms with Gasteiger partial charge in [0.2, 0.25) is 0 Å². The first-order valence-corrected chi connectivity index (χ1v) is 6.47. The minimum atomic E-state index is -0.282. The van der Waals surface area contributed by atoms with E-state index < -0.39 is 0 Å². The summed E-state index contributed by atoms with van der Waals surface area (Å²) in [6, 6.07) is 2.05. The lowest BCUT2D eigenvalue weighted by molar-refractivity contribution is 0.00578. The molecule has 1 aromatic heterocycles. The van der Waals surface area contributed by atoms with Gasteiger partial charge in [0.05, 0.1) is 11.2 Å². The molecule has 1 fully saturated rings. The zero-order valence-electron chi connectivity index (χ0n) is 11.4. The highest BCUT2D eigenvalue weighted by Gasteiger charge is 2.52. The van der Waals surface area contributed by atoms with Gasteiger partial charge in [-0.2, -0.15) is 0 Å². The van der Waals surface area contributed by atoms with Crippen molar-refractivity contribution < 1.29 is 9.31 Å². The molecule has 0 unspecified atom stereocenters. The van der Waals surface area contributed by atoms with Crippen molar-refractivity contribution in [2.75, 3.05) is 6.54 Å². The third kappa shape index (κ3) is 1.65. The Kier molecular flexibility index (Phi) is 2.47. The van der Waals surface area contributed by atoms with E-state index in [1.807, 2.05) is 6.20 Å². The summed E-state index contributed by atoms with van der Waals surface area (Å²) in [5, 5.41) is 1.14. The van der Waals surface area contributed by atoms with E-state index in [2.05, 4.69) is 43.7 Å². The summed E-state index contributed by atoms with van der Waals surface area (Å²) < 4.78 is 12.2. The fourth-order valence-corrected chi connectivity index (χ4v) is 2.40. The summed E-state index contributed by atoms with van der Waals surface area (Å²) >= 11 is 0. The smallest absolute Gasteiger partial charge is 0.400 e. The molecule has 0 aromatic carbocycles. The van der Waals surface area contributed by atoms with Crippen molar-refractivity contribution >= 4 is 12.6 Å². The molecule has 0 amide bonds. The van der Waals surface area contributed by atoms with E-state index in [1.54, 1.807) is 0 Å². The summed E-state index contributed by atoms with van der Waals surface area (Å²) in [5.41, 5.74) is 1.59. The summed E-state index contributed by atoms with van der Waals surface area (Å²) in [7, 11) is -0.250. The average molecular weight is 246 g/mol. The number of nitrogens with one attached hydrogen (secondary N) is 1. The zero-order valence-corrected chi connectivity index (χ0v) is 11.4. The molecule has 0 aliphatic carbocycles. The van der Waals surface area contributed by atoms with Crippen molar-refractivity contribution in [3.05, 3.63) is 23.0 Å². The number of aromatic amines is 1. The van der Waals surface area contributed by atoms with E-state index in [-0.39, 0.29) is 18.3 Å². The van der Waals surface area contributed by atoms with Crippen molar-refractivity contribution in [1.82, 2.24) is 4.98 Å². The fourth-order valence-electron chi connectivity index (χ4n) is 2.40. The van der Waals surface area contributed by atoms with Gasteiger partial charge in [0.1, 0.15) is 5.49 Å². The first-order valence-electron chi connectivity index (χ1n) is 6.47. The molecule has 0 bridgehead atoms. The van der Waals surface area contributed by atoms with Gasteiger partial charge in [0, 0.05) is 18.0 Å². The molecule has 0 radical (unpaired) electrons. The highest BCUT2D eigenvalue weighted by molar-refractivity contribution is 6.66. The summed E-state index contributed by atoms with van der Waals surface area (Å²) in [5.74, 6) is 0. The molecule has 2 aliphatic heterocycles. The predicted molar refractivity (Wildman–Crippen MR) is 70.5 cm³/mol. The van der Waals surface area contributed by atoms with Gasteiger partial charge >= 0.3 is 7.12 Å². The van der Waals surface area contributed by atoms with Crippen LogP contribution in [0.3, 0.4) is 0 Å². The molecular formula is C13H19BN2O2. The van der Waals surface area contributed by atoms with Crippen LogP contribution >= 0.6 is 0 Å². The summed E-state index contributed by atoms with van der Waals surface area (Å²) in [4.78, 5) is 7.61. The van der Waals surface area contributed by atoms with Gasteiger partial charge in [-0.3, -0.25) is 4.99 Å². The number of H-pyrrole nitrogens is 1. The molecule has 4 nitrogen and oxygen atoms in total. The molecule has 2 aliphatic rings. The molecule has 3 heterocycles. The van der Waals surface area contributed by atoms with Crippen molar-refractivity contribution in [2.45, 2.75) is 45.3 Å². The minimum absolute atomic E-state index is 0.250. The van der Waals surface area contributed by atoms with Gasteiger partial charge < -0.3 is 14.3 Å². The third-order valence-corrected chi connectivity index (χ3v) is 4.26. The lowest BCUT2D eigenvalue weighted by Gasteiger charge is -2.32. The Bertz CT molecular complexity index is 572. The average Bonchev–Trinajstić information content (AvgIpc) is 2.81. The Morgan fingerprint density at radius 1 is 1.22 bits per heavy atom. The van der Waals surface area contributed by atoms with E-state index in [4.69, 9.17) is 9.31 Å². The second-order valence-electron chi connectivity index (χ2n) is 5.99. The Balaban J connectivity index is 2.05. The number of fused-ring (bicyclic) bond motifs is 1. The predicted octanol–water partition coefficient (Wildman–Crippen LogP) is 0.820. The maximum Gasteiger partial charge on any atom is 0.491 e. The monoisotopic (exact) mass is 246 g/mol. The van der Waals surface area contributed by atoms with Crippen LogP contribution < -0.4 is 10.7 Å². The molecule has 5 heteroatoms. The molecule has 18 heavy (non-hydrogen) atoms. The van der Waals surface area contributed by atoms with Gasteiger partial charge in [-0.1, -0.05) is 0 Å². The van der Waals surface area contributed by atoms with E-state index >= 15 is 0 Å². The van der Waals surface area contributed by atoms with E-state index in [1.165, 1.54) is 5.47 Å². The largest absolute Gasteiger partial charge is 0.491 e. The van der Waals surface area contributed by atoms with Crippen LogP contribution in [-0.2, 0) is 9.31 Å². The van der Waals surface area contributed by atoms with Crippen LogP contribution in [0.5, 0.6) is 0 Å². The van der Waals surface area contributed by atoms with E-state index in [0.717, 1.165) is 23.7 Å². The minimum Gasteiger partial charge on any atom is -0.400 e. The molecule has 0 spiro atoms. The van der Waals surface area contributed by atoms with Crippen LogP contribution in [0.25, 0.3) is 5.47 Å². The van der Waals surface area contributed by atoms with E-state index in [9.17, 15) is 0 Å². The topological polar surface area (TPSA) is 46.6 Å². The van der Waals surface area contributed by atoms with Crippen molar-refractivity contribution in [3.63, 3.8) is 0 Å². The highest BCUT2D eigenvalue weighted by Crippen LogP contribution is 2.39. The first kappa shape index (κ1) is 12.0. The molecule has 0 atom stereocenters. The number of hydrogen-bond donors (Lipinski definition) is 1. The van der Waals surface area contributed by atoms with Crippen LogP contribution in [-0.4, -0.2) is 29.8 Å². The SMILES string of the molecule is CC1(C)OB(C2=c3cc[nH]c3=NCC2)OC1(C)C. The van der Waals surface area contributed by atoms with Crippen LogP contribution in [0.1, 0.15) is 34.1 Å². The molecule has 96 valence electrons. The van der Waals surface area contributed by atoms with E-state index in [0.29, 0.717) is 0 Å². The molecule has 1 saturated heterocycles. The second kappa shape index (κ2) is 3.71. The van der Waals surface area contributed by atoms with Crippen molar-refractivity contribution in [3.8, 4) is 0 Å². The molecule has 0 saturated carbocycles. The fraction of sp³-hybridized carbons (Fsp3) is 0.615. The van der Waals surface area contributed by atoms with Gasteiger partial charge in [-0.25, -0.2) is 0 Å². The van der Waals surface area contributed by atoms with Gasteiger partial charge in [0.15, 0.2) is 0 Å². The summed E-state index contributed by atoms with van der Waals surface area (Å²) in [6.07, 6.45) is 2.83. The quantitative estimate of drug-likeness (QED) is 0.746. The number of nitrogens with zero attached hydrogens (tertiary/aromatic N) is 1. The Labute approximate surface area is 107 Å². The van der Waals surface area contributed by atoms with Crippen LogP contribution in [0, 0.1) is 0 Å². The van der Waals surface area contributed by atoms with Gasteiger partial charge in [-0.05, 0) is 45.7 Å². The number of hydrogen-bond acceptors (Lipinski definition) is 3. The van der Waals surface area contributed by atoms with Crippen molar-refractivity contribution in [1.29, 1.82) is 0 Å². The number of rotatable bonds is 1. The summed E-state index contributed by atoms with van der Waals surface area (Å²) in [6.45, 7) is 9.13. The third-order valence-electron chi connectivity index (χ3n) is 4.26. The van der Waals surface area contributed by atoms with Gasteiger partial charge in [-0.15, -0.1) is 0 Å². The zero-order chi connectivity index (χ0) is 13.0. The maximum absolute atomic E-state index is 6.11. The van der Waals surface area contributed by atoms with Crippen LogP contribution in [0.2, 0.25) is 0 Å². The van der Waals surface area contributed by atoms with Crippen molar-refractivity contribution in [2.24, 2.45) is 4.99 Å². The lowest BCUT2D eigenvalue weighted by Crippen LogP contribution is -2.41. The van der Waals surface area contributed by atoms with Crippen LogP contribution in [0.4, 0.5) is 0 Å². The maximum atomic E-state index is 6.11. The highest BCUT2D eigenvalue weighted by atomic mass is 16.7. The Morgan fingerprint density at radius 3 is 2.56 bits per heavy atom. The Hall–Kier alpha value is -1.07. The molecule has 3 rings (SSSR count). The van der Waals surface area contributed by atoms with Crippen LogP contribution in [0.15, 0.2) is 17.3 Å².